The number of alkyl halides is 1. The third kappa shape index (κ3) is 2.20. The van der Waals surface area contributed by atoms with Gasteiger partial charge in [-0.25, -0.2) is 4.39 Å². The van der Waals surface area contributed by atoms with Crippen LogP contribution < -0.4 is 5.32 Å². The van der Waals surface area contributed by atoms with E-state index in [0.29, 0.717) is 0 Å². The second-order valence-corrected chi connectivity index (χ2v) is 5.03. The lowest BCUT2D eigenvalue weighted by atomic mass is 9.67. The van der Waals surface area contributed by atoms with Crippen LogP contribution in [0.25, 0.3) is 0 Å². The molecular formula is C10H18FNO. The van der Waals surface area contributed by atoms with Crippen LogP contribution >= 0.6 is 0 Å². The van der Waals surface area contributed by atoms with Crippen molar-refractivity contribution < 1.29 is 9.18 Å². The molecule has 1 saturated carbocycles. The van der Waals surface area contributed by atoms with Crippen LogP contribution in [0, 0.1) is 5.41 Å². The fraction of sp³-hybridized carbons (Fsp3) is 0.900. The first kappa shape index (κ1) is 10.5. The number of amides is 1. The number of halogens is 1. The van der Waals surface area contributed by atoms with Gasteiger partial charge in [0.25, 0.3) is 5.91 Å². The summed E-state index contributed by atoms with van der Waals surface area (Å²) < 4.78 is 13.1. The van der Waals surface area contributed by atoms with Crippen LogP contribution in [0.1, 0.15) is 40.5 Å². The van der Waals surface area contributed by atoms with Crippen molar-refractivity contribution in [2.24, 2.45) is 5.41 Å². The zero-order valence-corrected chi connectivity index (χ0v) is 8.78. The normalized spacial score (nSPS) is 26.4. The zero-order valence-electron chi connectivity index (χ0n) is 8.78. The van der Waals surface area contributed by atoms with E-state index in [0.717, 1.165) is 12.8 Å². The quantitative estimate of drug-likeness (QED) is 0.704. The smallest absolute Gasteiger partial charge is 0.257 e. The van der Waals surface area contributed by atoms with Crippen LogP contribution in [0.3, 0.4) is 0 Å². The Labute approximate surface area is 78.9 Å². The maximum atomic E-state index is 13.1. The summed E-state index contributed by atoms with van der Waals surface area (Å²) in [5.74, 6) is -0.495. The summed E-state index contributed by atoms with van der Waals surface area (Å²) in [6.07, 6.45) is 2.07. The van der Waals surface area contributed by atoms with Crippen molar-refractivity contribution in [1.82, 2.24) is 5.32 Å². The number of nitrogens with one attached hydrogen (secondary N) is 1. The van der Waals surface area contributed by atoms with Gasteiger partial charge in [-0.15, -0.1) is 0 Å². The van der Waals surface area contributed by atoms with Crippen molar-refractivity contribution in [2.45, 2.75) is 52.2 Å². The Kier molecular flexibility index (Phi) is 2.39. The minimum absolute atomic E-state index is 0.140. The van der Waals surface area contributed by atoms with Gasteiger partial charge in [0, 0.05) is 6.04 Å². The lowest BCUT2D eigenvalue weighted by molar-refractivity contribution is -0.133. The number of carbonyl (C=O) groups is 1. The fourth-order valence-corrected chi connectivity index (χ4v) is 1.46. The summed E-state index contributed by atoms with van der Waals surface area (Å²) in [5.41, 5.74) is -1.62. The average Bonchev–Trinajstić information content (AvgIpc) is 1.96. The average molecular weight is 187 g/mol. The molecule has 76 valence electrons. The summed E-state index contributed by atoms with van der Waals surface area (Å²) in [7, 11) is 0. The van der Waals surface area contributed by atoms with E-state index >= 15 is 0 Å². The number of rotatable bonds is 2. The van der Waals surface area contributed by atoms with E-state index in [9.17, 15) is 9.18 Å². The summed E-state index contributed by atoms with van der Waals surface area (Å²) in [4.78, 5) is 11.3. The van der Waals surface area contributed by atoms with Crippen molar-refractivity contribution >= 4 is 5.91 Å². The van der Waals surface area contributed by atoms with Gasteiger partial charge in [0.05, 0.1) is 0 Å². The van der Waals surface area contributed by atoms with Gasteiger partial charge in [0.2, 0.25) is 0 Å². The Balaban J connectivity index is 2.47. The molecule has 13 heavy (non-hydrogen) atoms. The zero-order chi connectivity index (χ0) is 10.3. The maximum absolute atomic E-state index is 13.1. The van der Waals surface area contributed by atoms with Gasteiger partial charge in [0.15, 0.2) is 5.67 Å². The molecular weight excluding hydrogens is 169 g/mol. The fourth-order valence-electron chi connectivity index (χ4n) is 1.46. The Morgan fingerprint density at radius 1 is 1.54 bits per heavy atom. The van der Waals surface area contributed by atoms with Crippen LogP contribution in [0.4, 0.5) is 4.39 Å². The SMILES string of the molecule is CC(C)(F)C(=O)NC1CCC1(C)C. The van der Waals surface area contributed by atoms with Crippen LogP contribution in [0.2, 0.25) is 0 Å². The van der Waals surface area contributed by atoms with Gasteiger partial charge in [-0.2, -0.15) is 0 Å². The minimum Gasteiger partial charge on any atom is -0.350 e. The molecule has 0 heterocycles. The monoisotopic (exact) mass is 187 g/mol. The van der Waals surface area contributed by atoms with Crippen molar-refractivity contribution in [3.63, 3.8) is 0 Å². The molecule has 1 rings (SSSR count). The van der Waals surface area contributed by atoms with Crippen molar-refractivity contribution in [3.8, 4) is 0 Å². The Bertz CT molecular complexity index is 217. The second kappa shape index (κ2) is 2.96. The van der Waals surface area contributed by atoms with Crippen LogP contribution in [-0.4, -0.2) is 17.6 Å². The third-order valence-corrected chi connectivity index (χ3v) is 2.87. The topological polar surface area (TPSA) is 29.1 Å². The molecule has 1 unspecified atom stereocenters. The van der Waals surface area contributed by atoms with Gasteiger partial charge < -0.3 is 5.32 Å². The summed E-state index contributed by atoms with van der Waals surface area (Å²) in [6.45, 7) is 6.75. The minimum atomic E-state index is -1.76. The molecule has 0 aromatic heterocycles. The highest BCUT2D eigenvalue weighted by Gasteiger charge is 2.41. The van der Waals surface area contributed by atoms with Crippen molar-refractivity contribution in [3.05, 3.63) is 0 Å². The number of hydrogen-bond acceptors (Lipinski definition) is 1. The predicted molar refractivity (Wildman–Crippen MR) is 50.1 cm³/mol. The molecule has 0 saturated heterocycles. The first-order chi connectivity index (χ1) is 5.73. The molecule has 1 fully saturated rings. The maximum Gasteiger partial charge on any atom is 0.257 e. The van der Waals surface area contributed by atoms with E-state index in [2.05, 4.69) is 19.2 Å². The Morgan fingerprint density at radius 3 is 2.31 bits per heavy atom. The molecule has 0 radical (unpaired) electrons. The lowest BCUT2D eigenvalue weighted by Gasteiger charge is -2.45. The Morgan fingerprint density at radius 2 is 2.08 bits per heavy atom. The number of carbonyl (C=O) groups excluding carboxylic acids is 1. The molecule has 1 aliphatic rings. The van der Waals surface area contributed by atoms with Crippen LogP contribution in [0.15, 0.2) is 0 Å². The van der Waals surface area contributed by atoms with Gasteiger partial charge in [-0.1, -0.05) is 13.8 Å². The van der Waals surface area contributed by atoms with Gasteiger partial charge in [-0.05, 0) is 32.1 Å². The molecule has 3 heteroatoms. The Hall–Kier alpha value is -0.600. The van der Waals surface area contributed by atoms with E-state index in [1.807, 2.05) is 0 Å². The van der Waals surface area contributed by atoms with E-state index in [-0.39, 0.29) is 11.5 Å². The van der Waals surface area contributed by atoms with E-state index in [1.54, 1.807) is 0 Å². The standard InChI is InChI=1S/C10H18FNO/c1-9(2)6-5-7(9)12-8(13)10(3,4)11/h7H,5-6H2,1-4H3,(H,12,13). The van der Waals surface area contributed by atoms with Crippen LogP contribution in [-0.2, 0) is 4.79 Å². The van der Waals surface area contributed by atoms with Crippen LogP contribution in [0.5, 0.6) is 0 Å². The highest BCUT2D eigenvalue weighted by atomic mass is 19.1. The first-order valence-electron chi connectivity index (χ1n) is 4.73. The van der Waals surface area contributed by atoms with E-state index in [4.69, 9.17) is 0 Å². The molecule has 1 N–H and O–H groups in total. The highest BCUT2D eigenvalue weighted by Crippen LogP contribution is 2.40. The second-order valence-electron chi connectivity index (χ2n) is 5.03. The van der Waals surface area contributed by atoms with Gasteiger partial charge in [-0.3, -0.25) is 4.79 Å². The summed E-state index contributed by atoms with van der Waals surface area (Å²) in [6, 6.07) is 0.148. The molecule has 0 aromatic carbocycles. The van der Waals surface area contributed by atoms with E-state index in [1.165, 1.54) is 13.8 Å². The molecule has 2 nitrogen and oxygen atoms in total. The predicted octanol–water partition coefficient (Wildman–Crippen LogP) is 2.04. The molecule has 1 atom stereocenters. The molecule has 0 spiro atoms. The molecule has 0 bridgehead atoms. The highest BCUT2D eigenvalue weighted by molar-refractivity contribution is 5.84. The third-order valence-electron chi connectivity index (χ3n) is 2.87. The van der Waals surface area contributed by atoms with Gasteiger partial charge in [0.1, 0.15) is 0 Å². The summed E-state index contributed by atoms with van der Waals surface area (Å²) in [5, 5.41) is 2.73. The summed E-state index contributed by atoms with van der Waals surface area (Å²) >= 11 is 0. The van der Waals surface area contributed by atoms with Crippen molar-refractivity contribution in [2.75, 3.05) is 0 Å². The lowest BCUT2D eigenvalue weighted by Crippen LogP contribution is -2.55. The van der Waals surface area contributed by atoms with Crippen molar-refractivity contribution in [1.29, 1.82) is 0 Å². The molecule has 1 aliphatic carbocycles. The van der Waals surface area contributed by atoms with E-state index < -0.39 is 11.6 Å². The molecule has 0 aromatic rings. The first-order valence-corrected chi connectivity index (χ1v) is 4.73. The number of hydrogen-bond donors (Lipinski definition) is 1. The largest absolute Gasteiger partial charge is 0.350 e. The van der Waals surface area contributed by atoms with Gasteiger partial charge >= 0.3 is 0 Å². The molecule has 1 amide bonds. The molecule has 0 aliphatic heterocycles.